The average molecular weight is 307 g/mol. The highest BCUT2D eigenvalue weighted by atomic mass is 32.2. The molecule has 5 nitrogen and oxygen atoms in total. The molecule has 0 aromatic heterocycles. The summed E-state index contributed by atoms with van der Waals surface area (Å²) in [5.41, 5.74) is 0.935. The van der Waals surface area contributed by atoms with Crippen LogP contribution in [-0.4, -0.2) is 47.3 Å². The Morgan fingerprint density at radius 3 is 2.33 bits per heavy atom. The van der Waals surface area contributed by atoms with Gasteiger partial charge >= 0.3 is 5.97 Å². The first kappa shape index (κ1) is 15.6. The zero-order valence-electron chi connectivity index (χ0n) is 12.0. The van der Waals surface area contributed by atoms with Crippen LogP contribution >= 0.6 is 11.8 Å². The number of hydrogen-bond acceptors (Lipinski definition) is 5. The third kappa shape index (κ3) is 3.44. The van der Waals surface area contributed by atoms with Crippen LogP contribution in [0.1, 0.15) is 34.1 Å². The van der Waals surface area contributed by atoms with Crippen molar-refractivity contribution in [3.05, 3.63) is 35.4 Å². The van der Waals surface area contributed by atoms with E-state index in [2.05, 4.69) is 4.74 Å². The summed E-state index contributed by atoms with van der Waals surface area (Å²) in [5, 5.41) is 0.0904. The smallest absolute Gasteiger partial charge is 0.306 e. The molecule has 2 amide bonds. The van der Waals surface area contributed by atoms with Gasteiger partial charge in [-0.3, -0.25) is 19.3 Å². The Hall–Kier alpha value is -1.82. The summed E-state index contributed by atoms with van der Waals surface area (Å²) in [4.78, 5) is 36.7. The van der Waals surface area contributed by atoms with E-state index < -0.39 is 0 Å². The lowest BCUT2D eigenvalue weighted by molar-refractivity contribution is -0.140. The molecule has 0 saturated heterocycles. The van der Waals surface area contributed by atoms with Gasteiger partial charge in [-0.1, -0.05) is 19.1 Å². The summed E-state index contributed by atoms with van der Waals surface area (Å²) in [6.45, 7) is 2.27. The second-order valence-electron chi connectivity index (χ2n) is 4.77. The van der Waals surface area contributed by atoms with Gasteiger partial charge in [-0.25, -0.2) is 0 Å². The fourth-order valence-corrected chi connectivity index (χ4v) is 3.11. The molecule has 1 unspecified atom stereocenters. The van der Waals surface area contributed by atoms with Crippen molar-refractivity contribution in [2.45, 2.75) is 18.6 Å². The quantitative estimate of drug-likeness (QED) is 0.594. The molecule has 1 aromatic rings. The monoisotopic (exact) mass is 307 g/mol. The van der Waals surface area contributed by atoms with Crippen molar-refractivity contribution in [3.8, 4) is 0 Å². The van der Waals surface area contributed by atoms with Gasteiger partial charge in [-0.15, -0.1) is 0 Å². The lowest BCUT2D eigenvalue weighted by atomic mass is 10.1. The number of imide groups is 1. The Balaban J connectivity index is 1.87. The summed E-state index contributed by atoms with van der Waals surface area (Å²) in [7, 11) is 1.36. The largest absolute Gasteiger partial charge is 0.469 e. The van der Waals surface area contributed by atoms with Gasteiger partial charge in [-0.05, 0) is 12.1 Å². The predicted octanol–water partition coefficient (Wildman–Crippen LogP) is 1.97. The molecule has 0 spiro atoms. The second-order valence-corrected chi connectivity index (χ2v) is 6.32. The van der Waals surface area contributed by atoms with Crippen LogP contribution < -0.4 is 0 Å². The highest BCUT2D eigenvalue weighted by molar-refractivity contribution is 7.99. The molecule has 1 aliphatic heterocycles. The van der Waals surface area contributed by atoms with Gasteiger partial charge in [0.15, 0.2) is 0 Å². The molecule has 1 aliphatic rings. The molecule has 1 aromatic carbocycles. The minimum absolute atomic E-state index is 0.0904. The number of methoxy groups -OCH3 is 1. The third-order valence-electron chi connectivity index (χ3n) is 3.28. The maximum atomic E-state index is 12.1. The number of hydrogen-bond donors (Lipinski definition) is 0. The summed E-state index contributed by atoms with van der Waals surface area (Å²) in [5.74, 6) is -0.131. The van der Waals surface area contributed by atoms with Crippen LogP contribution in [0.3, 0.4) is 0 Å². The van der Waals surface area contributed by atoms with E-state index in [4.69, 9.17) is 0 Å². The predicted molar refractivity (Wildman–Crippen MR) is 80.4 cm³/mol. The molecule has 0 fully saturated rings. The number of esters is 1. The minimum atomic E-state index is -0.254. The first-order chi connectivity index (χ1) is 10.0. The van der Waals surface area contributed by atoms with Gasteiger partial charge in [0.25, 0.3) is 11.8 Å². The first-order valence-electron chi connectivity index (χ1n) is 6.68. The zero-order chi connectivity index (χ0) is 15.4. The van der Waals surface area contributed by atoms with Crippen molar-refractivity contribution >= 4 is 29.5 Å². The van der Waals surface area contributed by atoms with Crippen molar-refractivity contribution in [1.29, 1.82) is 0 Å². The van der Waals surface area contributed by atoms with E-state index in [1.807, 2.05) is 6.92 Å². The molecule has 0 bridgehead atoms. The zero-order valence-corrected chi connectivity index (χ0v) is 12.8. The van der Waals surface area contributed by atoms with E-state index >= 15 is 0 Å². The SMILES string of the molecule is COC(=O)CC(C)SCCN1C(=O)c2ccccc2C1=O. The third-order valence-corrected chi connectivity index (χ3v) is 4.43. The van der Waals surface area contributed by atoms with Crippen LogP contribution in [0.2, 0.25) is 0 Å². The number of nitrogens with zero attached hydrogens (tertiary/aromatic N) is 1. The van der Waals surface area contributed by atoms with E-state index in [1.54, 1.807) is 36.0 Å². The molecular weight excluding hydrogens is 290 g/mol. The summed E-state index contributed by atoms with van der Waals surface area (Å²) < 4.78 is 4.61. The van der Waals surface area contributed by atoms with E-state index in [0.29, 0.717) is 29.8 Å². The molecule has 112 valence electrons. The normalized spacial score (nSPS) is 15.0. The molecule has 0 saturated carbocycles. The van der Waals surface area contributed by atoms with Crippen LogP contribution in [0, 0.1) is 0 Å². The average Bonchev–Trinajstić information content (AvgIpc) is 2.72. The Labute approximate surface area is 127 Å². The summed E-state index contributed by atoms with van der Waals surface area (Å²) in [6, 6.07) is 6.84. The van der Waals surface area contributed by atoms with Crippen molar-refractivity contribution < 1.29 is 19.1 Å². The standard InChI is InChI=1S/C15H17NO4S/c1-10(9-13(17)20-2)21-8-7-16-14(18)11-5-3-4-6-12(11)15(16)19/h3-6,10H,7-9H2,1-2H3. The number of fused-ring (bicyclic) bond motifs is 1. The molecule has 0 radical (unpaired) electrons. The van der Waals surface area contributed by atoms with Crippen molar-refractivity contribution in [3.63, 3.8) is 0 Å². The Morgan fingerprint density at radius 1 is 1.24 bits per heavy atom. The van der Waals surface area contributed by atoms with E-state index in [1.165, 1.54) is 12.0 Å². The number of rotatable bonds is 6. The number of amides is 2. The van der Waals surface area contributed by atoms with Gasteiger partial charge in [0, 0.05) is 17.5 Å². The second kappa shape index (κ2) is 6.76. The molecule has 6 heteroatoms. The molecule has 0 aliphatic carbocycles. The maximum absolute atomic E-state index is 12.1. The number of thioether (sulfide) groups is 1. The van der Waals surface area contributed by atoms with E-state index in [-0.39, 0.29) is 23.0 Å². The topological polar surface area (TPSA) is 63.7 Å². The molecule has 2 rings (SSSR count). The Bertz CT molecular complexity index is 538. The number of ether oxygens (including phenoxy) is 1. The van der Waals surface area contributed by atoms with Crippen molar-refractivity contribution in [2.75, 3.05) is 19.4 Å². The van der Waals surface area contributed by atoms with Crippen LogP contribution in [0.4, 0.5) is 0 Å². The lowest BCUT2D eigenvalue weighted by Crippen LogP contribution is -2.32. The Kier molecular flexibility index (Phi) is 5.01. The van der Waals surface area contributed by atoms with Gasteiger partial charge in [0.1, 0.15) is 0 Å². The van der Waals surface area contributed by atoms with E-state index in [0.717, 1.165) is 0 Å². The fraction of sp³-hybridized carbons (Fsp3) is 0.400. The summed E-state index contributed by atoms with van der Waals surface area (Å²) in [6.07, 6.45) is 0.323. The van der Waals surface area contributed by atoms with Crippen LogP contribution in [0.15, 0.2) is 24.3 Å². The van der Waals surface area contributed by atoms with E-state index in [9.17, 15) is 14.4 Å². The van der Waals surface area contributed by atoms with Gasteiger partial charge in [-0.2, -0.15) is 11.8 Å². The van der Waals surface area contributed by atoms with Crippen molar-refractivity contribution in [1.82, 2.24) is 4.90 Å². The fourth-order valence-electron chi connectivity index (χ4n) is 2.16. The highest BCUT2D eigenvalue weighted by Crippen LogP contribution is 2.23. The van der Waals surface area contributed by atoms with Gasteiger partial charge in [0.05, 0.1) is 24.7 Å². The summed E-state index contributed by atoms with van der Waals surface area (Å²) >= 11 is 1.54. The number of carbonyl (C=O) groups is 3. The first-order valence-corrected chi connectivity index (χ1v) is 7.73. The molecule has 1 heterocycles. The maximum Gasteiger partial charge on any atom is 0.306 e. The van der Waals surface area contributed by atoms with Crippen molar-refractivity contribution in [2.24, 2.45) is 0 Å². The lowest BCUT2D eigenvalue weighted by Gasteiger charge is -2.15. The van der Waals surface area contributed by atoms with Crippen LogP contribution in [0.25, 0.3) is 0 Å². The van der Waals surface area contributed by atoms with Crippen LogP contribution in [0.5, 0.6) is 0 Å². The molecule has 21 heavy (non-hydrogen) atoms. The molecule has 0 N–H and O–H groups in total. The number of carbonyl (C=O) groups excluding carboxylic acids is 3. The van der Waals surface area contributed by atoms with Gasteiger partial charge < -0.3 is 4.74 Å². The minimum Gasteiger partial charge on any atom is -0.469 e. The Morgan fingerprint density at radius 2 is 1.81 bits per heavy atom. The number of benzene rings is 1. The molecule has 1 atom stereocenters. The van der Waals surface area contributed by atoms with Gasteiger partial charge in [0.2, 0.25) is 0 Å². The van der Waals surface area contributed by atoms with Crippen LogP contribution in [-0.2, 0) is 9.53 Å². The highest BCUT2D eigenvalue weighted by Gasteiger charge is 2.34. The molecular formula is C15H17NO4S.